The summed E-state index contributed by atoms with van der Waals surface area (Å²) in [6.07, 6.45) is 1.82. The largest absolute Gasteiger partial charge is 0.339 e. The minimum Gasteiger partial charge on any atom is -0.339 e. The maximum Gasteiger partial charge on any atom is 0.166 e. The standard InChI is InChI=1S/C5H9BN2/c1-4-5(6)7-3-8(4)2/h3H,6H2,1-2H3. The molecule has 0 unspecified atom stereocenters. The summed E-state index contributed by atoms with van der Waals surface area (Å²) in [5.41, 5.74) is 2.36. The van der Waals surface area contributed by atoms with Crippen molar-refractivity contribution in [3.05, 3.63) is 12.0 Å². The van der Waals surface area contributed by atoms with Crippen molar-refractivity contribution >= 4 is 13.4 Å². The van der Waals surface area contributed by atoms with Crippen LogP contribution in [0.2, 0.25) is 0 Å². The van der Waals surface area contributed by atoms with Gasteiger partial charge in [-0.3, -0.25) is 4.98 Å². The molecule has 3 heteroatoms. The van der Waals surface area contributed by atoms with Crippen LogP contribution >= 0.6 is 0 Å². The Bertz CT molecular complexity index is 173. The molecule has 0 fully saturated rings. The highest BCUT2D eigenvalue weighted by Crippen LogP contribution is 1.85. The fourth-order valence-corrected chi connectivity index (χ4v) is 0.608. The Hall–Kier alpha value is -0.725. The van der Waals surface area contributed by atoms with E-state index in [1.165, 1.54) is 5.69 Å². The van der Waals surface area contributed by atoms with Gasteiger partial charge in [0.05, 0.1) is 6.33 Å². The molecule has 0 amide bonds. The molecule has 0 aromatic carbocycles. The molecule has 1 aromatic rings. The number of hydrogen-bond donors (Lipinski definition) is 0. The lowest BCUT2D eigenvalue weighted by Crippen LogP contribution is -2.07. The highest BCUT2D eigenvalue weighted by atomic mass is 15.0. The summed E-state index contributed by atoms with van der Waals surface area (Å²) in [5, 5.41) is 0. The Labute approximate surface area is 50.0 Å². The predicted octanol–water partition coefficient (Wildman–Crippen LogP) is -1.01. The molecule has 1 heterocycles. The molecule has 0 aliphatic heterocycles. The third-order valence-corrected chi connectivity index (χ3v) is 1.48. The van der Waals surface area contributed by atoms with Crippen LogP contribution in [0, 0.1) is 6.92 Å². The number of imidazole rings is 1. The van der Waals surface area contributed by atoms with Gasteiger partial charge < -0.3 is 4.57 Å². The first-order chi connectivity index (χ1) is 3.72. The molecule has 0 saturated carbocycles. The summed E-state index contributed by atoms with van der Waals surface area (Å²) in [5.74, 6) is 0. The summed E-state index contributed by atoms with van der Waals surface area (Å²) < 4.78 is 2.01. The second-order valence-electron chi connectivity index (χ2n) is 2.03. The van der Waals surface area contributed by atoms with Crippen LogP contribution in [-0.2, 0) is 7.05 Å². The molecule has 8 heavy (non-hydrogen) atoms. The molecule has 1 rings (SSSR count). The Morgan fingerprint density at radius 2 is 2.38 bits per heavy atom. The highest BCUT2D eigenvalue weighted by molar-refractivity contribution is 6.31. The second kappa shape index (κ2) is 1.65. The number of aromatic nitrogens is 2. The number of nitrogens with zero attached hydrogens (tertiary/aromatic N) is 2. The Morgan fingerprint density at radius 3 is 2.50 bits per heavy atom. The van der Waals surface area contributed by atoms with Gasteiger partial charge in [0.2, 0.25) is 0 Å². The van der Waals surface area contributed by atoms with Gasteiger partial charge in [-0.1, -0.05) is 0 Å². The molecule has 2 nitrogen and oxygen atoms in total. The summed E-state index contributed by atoms with van der Waals surface area (Å²) in [4.78, 5) is 4.08. The fourth-order valence-electron chi connectivity index (χ4n) is 0.608. The van der Waals surface area contributed by atoms with Crippen molar-refractivity contribution in [1.29, 1.82) is 0 Å². The van der Waals surface area contributed by atoms with Gasteiger partial charge in [0.25, 0.3) is 0 Å². The van der Waals surface area contributed by atoms with Gasteiger partial charge in [-0.05, 0) is 6.92 Å². The van der Waals surface area contributed by atoms with Crippen molar-refractivity contribution in [1.82, 2.24) is 9.55 Å². The zero-order valence-electron chi connectivity index (χ0n) is 5.47. The first-order valence-electron chi connectivity index (χ1n) is 2.66. The van der Waals surface area contributed by atoms with Crippen LogP contribution < -0.4 is 5.59 Å². The van der Waals surface area contributed by atoms with E-state index in [-0.39, 0.29) is 0 Å². The Kier molecular flexibility index (Phi) is 1.12. The molecule has 0 aliphatic carbocycles. The van der Waals surface area contributed by atoms with E-state index in [2.05, 4.69) is 11.9 Å². The van der Waals surface area contributed by atoms with Crippen LogP contribution in [0.15, 0.2) is 6.33 Å². The SMILES string of the molecule is Bc1ncn(C)c1C. The van der Waals surface area contributed by atoms with E-state index in [1.54, 1.807) is 0 Å². The molecule has 42 valence electrons. The number of aryl methyl sites for hydroxylation is 1. The molecule has 0 atom stereocenters. The van der Waals surface area contributed by atoms with Crippen LogP contribution in [-0.4, -0.2) is 17.4 Å². The monoisotopic (exact) mass is 108 g/mol. The van der Waals surface area contributed by atoms with Crippen molar-refractivity contribution in [2.75, 3.05) is 0 Å². The molecule has 0 saturated heterocycles. The van der Waals surface area contributed by atoms with Gasteiger partial charge in [-0.25, -0.2) is 0 Å². The van der Waals surface area contributed by atoms with Gasteiger partial charge >= 0.3 is 0 Å². The zero-order valence-corrected chi connectivity index (χ0v) is 5.47. The first-order valence-corrected chi connectivity index (χ1v) is 2.66. The average Bonchev–Trinajstić information content (AvgIpc) is 1.98. The molecule has 1 aromatic heterocycles. The van der Waals surface area contributed by atoms with E-state index in [0.29, 0.717) is 0 Å². The Balaban J connectivity index is 3.19. The topological polar surface area (TPSA) is 17.8 Å². The molecule has 0 radical (unpaired) electrons. The van der Waals surface area contributed by atoms with Crippen molar-refractivity contribution in [2.45, 2.75) is 6.92 Å². The average molecular weight is 108 g/mol. The maximum absolute atomic E-state index is 4.08. The Morgan fingerprint density at radius 1 is 1.75 bits per heavy atom. The molecule has 0 spiro atoms. The maximum atomic E-state index is 4.08. The highest BCUT2D eigenvalue weighted by Gasteiger charge is 1.93. The van der Waals surface area contributed by atoms with Gasteiger partial charge in [0.1, 0.15) is 0 Å². The van der Waals surface area contributed by atoms with Gasteiger partial charge in [-0.15, -0.1) is 0 Å². The molecular formula is C5H9BN2. The van der Waals surface area contributed by atoms with Crippen LogP contribution in [0.3, 0.4) is 0 Å². The molecule has 0 aliphatic rings. The number of rotatable bonds is 0. The van der Waals surface area contributed by atoms with E-state index in [1.807, 2.05) is 25.8 Å². The van der Waals surface area contributed by atoms with Crippen molar-refractivity contribution in [3.8, 4) is 0 Å². The summed E-state index contributed by atoms with van der Waals surface area (Å²) in [7, 11) is 4.00. The van der Waals surface area contributed by atoms with Crippen LogP contribution in [0.4, 0.5) is 0 Å². The van der Waals surface area contributed by atoms with E-state index in [9.17, 15) is 0 Å². The van der Waals surface area contributed by atoms with E-state index < -0.39 is 0 Å². The smallest absolute Gasteiger partial charge is 0.166 e. The molecule has 0 bridgehead atoms. The summed E-state index contributed by atoms with van der Waals surface area (Å²) >= 11 is 0. The van der Waals surface area contributed by atoms with Crippen molar-refractivity contribution in [3.63, 3.8) is 0 Å². The second-order valence-corrected chi connectivity index (χ2v) is 2.03. The van der Waals surface area contributed by atoms with E-state index >= 15 is 0 Å². The minimum atomic E-state index is 1.12. The van der Waals surface area contributed by atoms with Gasteiger partial charge in [-0.2, -0.15) is 0 Å². The van der Waals surface area contributed by atoms with Crippen LogP contribution in [0.1, 0.15) is 5.69 Å². The normalized spacial score (nSPS) is 9.75. The molecular weight excluding hydrogens is 98.9 g/mol. The molecule has 0 N–H and O–H groups in total. The lowest BCUT2D eigenvalue weighted by Gasteiger charge is -1.91. The zero-order chi connectivity index (χ0) is 6.15. The minimum absolute atomic E-state index is 1.12. The lowest BCUT2D eigenvalue weighted by molar-refractivity contribution is 0.875. The van der Waals surface area contributed by atoms with Crippen molar-refractivity contribution in [2.24, 2.45) is 7.05 Å². The van der Waals surface area contributed by atoms with Gasteiger partial charge in [0.15, 0.2) is 7.85 Å². The van der Waals surface area contributed by atoms with Crippen LogP contribution in [0.25, 0.3) is 0 Å². The first kappa shape index (κ1) is 5.41. The summed E-state index contributed by atoms with van der Waals surface area (Å²) in [6.45, 7) is 2.06. The predicted molar refractivity (Wildman–Crippen MR) is 36.1 cm³/mol. The van der Waals surface area contributed by atoms with Crippen LogP contribution in [0.5, 0.6) is 0 Å². The van der Waals surface area contributed by atoms with Crippen molar-refractivity contribution < 1.29 is 0 Å². The van der Waals surface area contributed by atoms with E-state index in [4.69, 9.17) is 0 Å². The third kappa shape index (κ3) is 0.640. The quantitative estimate of drug-likeness (QED) is 0.389. The third-order valence-electron chi connectivity index (χ3n) is 1.48. The lowest BCUT2D eigenvalue weighted by atomic mass is 10.0. The summed E-state index contributed by atoms with van der Waals surface area (Å²) in [6, 6.07) is 0. The van der Waals surface area contributed by atoms with Gasteiger partial charge in [0, 0.05) is 18.3 Å². The fraction of sp³-hybridized carbons (Fsp3) is 0.400. The van der Waals surface area contributed by atoms with E-state index in [0.717, 1.165) is 5.59 Å². The number of hydrogen-bond acceptors (Lipinski definition) is 1.